The predicted molar refractivity (Wildman–Crippen MR) is 102 cm³/mol. The maximum atomic E-state index is 12.6. The summed E-state index contributed by atoms with van der Waals surface area (Å²) in [7, 11) is -2.70. The van der Waals surface area contributed by atoms with Crippen molar-refractivity contribution in [1.29, 1.82) is 0 Å². The Labute approximate surface area is 158 Å². The Bertz CT molecular complexity index is 911. The molecule has 0 aromatic heterocycles. The zero-order valence-electron chi connectivity index (χ0n) is 15.4. The largest absolute Gasteiger partial charge is 0.495 e. The molecule has 2 aromatic carbocycles. The van der Waals surface area contributed by atoms with Crippen molar-refractivity contribution in [1.82, 2.24) is 4.72 Å². The number of nitrogens with zero attached hydrogens (tertiary/aromatic N) is 1. The minimum absolute atomic E-state index is 0.0243. The zero-order chi connectivity index (χ0) is 20.2. The van der Waals surface area contributed by atoms with Gasteiger partial charge in [0.2, 0.25) is 10.0 Å². The minimum Gasteiger partial charge on any atom is -0.495 e. The first kappa shape index (κ1) is 20.8. The molecule has 0 spiro atoms. The van der Waals surface area contributed by atoms with Crippen LogP contribution in [-0.2, 0) is 10.0 Å². The summed E-state index contributed by atoms with van der Waals surface area (Å²) in [6, 6.07) is 10.5. The second-order valence-corrected chi connectivity index (χ2v) is 8.11. The van der Waals surface area contributed by atoms with Gasteiger partial charge in [-0.05, 0) is 23.1 Å². The van der Waals surface area contributed by atoms with E-state index in [1.807, 2.05) is 24.3 Å². The fourth-order valence-corrected chi connectivity index (χ4v) is 3.72. The molecule has 8 nitrogen and oxygen atoms in total. The molecule has 146 valence electrons. The number of hydrogen-bond acceptors (Lipinski definition) is 6. The van der Waals surface area contributed by atoms with Crippen molar-refractivity contribution in [3.63, 3.8) is 0 Å². The van der Waals surface area contributed by atoms with Crippen LogP contribution in [0, 0.1) is 10.1 Å². The van der Waals surface area contributed by atoms with E-state index in [0.717, 1.165) is 23.8 Å². The maximum Gasteiger partial charge on any atom is 0.273 e. The number of nitrogens with two attached hydrogens (primary N) is 1. The van der Waals surface area contributed by atoms with E-state index >= 15 is 0 Å². The van der Waals surface area contributed by atoms with Crippen molar-refractivity contribution in [2.45, 2.75) is 30.7 Å². The van der Waals surface area contributed by atoms with Crippen LogP contribution in [0.2, 0.25) is 0 Å². The van der Waals surface area contributed by atoms with Gasteiger partial charge in [0.05, 0.1) is 18.1 Å². The second-order valence-electron chi connectivity index (χ2n) is 6.37. The Morgan fingerprint density at radius 2 is 1.74 bits per heavy atom. The van der Waals surface area contributed by atoms with Gasteiger partial charge < -0.3 is 10.5 Å². The van der Waals surface area contributed by atoms with Gasteiger partial charge in [-0.25, -0.2) is 13.1 Å². The van der Waals surface area contributed by atoms with Crippen molar-refractivity contribution >= 4 is 15.7 Å². The summed E-state index contributed by atoms with van der Waals surface area (Å²) in [4.78, 5) is 10.0. The molecule has 3 N–H and O–H groups in total. The number of non-ortho nitro benzene ring substituents is 1. The molecule has 2 aromatic rings. The highest BCUT2D eigenvalue weighted by atomic mass is 32.2. The van der Waals surface area contributed by atoms with E-state index in [0.29, 0.717) is 5.92 Å². The van der Waals surface area contributed by atoms with E-state index in [1.165, 1.54) is 12.7 Å². The molecule has 0 radical (unpaired) electrons. The van der Waals surface area contributed by atoms with Crippen LogP contribution in [0.5, 0.6) is 5.75 Å². The molecule has 27 heavy (non-hydrogen) atoms. The summed E-state index contributed by atoms with van der Waals surface area (Å²) < 4.78 is 32.5. The van der Waals surface area contributed by atoms with E-state index in [-0.39, 0.29) is 22.9 Å². The Hall–Kier alpha value is -2.49. The van der Waals surface area contributed by atoms with Crippen LogP contribution in [0.3, 0.4) is 0 Å². The lowest BCUT2D eigenvalue weighted by Crippen LogP contribution is -2.32. The summed E-state index contributed by atoms with van der Waals surface area (Å²) in [6.07, 6.45) is 0. The smallest absolute Gasteiger partial charge is 0.273 e. The first-order chi connectivity index (χ1) is 12.7. The number of nitro benzene ring substituents is 1. The second kappa shape index (κ2) is 8.47. The van der Waals surface area contributed by atoms with Gasteiger partial charge >= 0.3 is 0 Å². The number of rotatable bonds is 8. The molecule has 0 aliphatic carbocycles. The van der Waals surface area contributed by atoms with Gasteiger partial charge in [0, 0.05) is 18.7 Å². The third kappa shape index (κ3) is 5.03. The molecule has 0 aliphatic rings. The number of nitrogens with one attached hydrogen (secondary N) is 1. The molecular weight excluding hydrogens is 370 g/mol. The molecular formula is C18H23N3O5S. The Morgan fingerprint density at radius 1 is 1.15 bits per heavy atom. The Kier molecular flexibility index (Phi) is 6.53. The molecule has 1 atom stereocenters. The highest BCUT2D eigenvalue weighted by Crippen LogP contribution is 2.28. The average Bonchev–Trinajstić information content (AvgIpc) is 2.65. The first-order valence-electron chi connectivity index (χ1n) is 8.33. The third-order valence-electron chi connectivity index (χ3n) is 4.17. The minimum atomic E-state index is -3.95. The van der Waals surface area contributed by atoms with Crippen molar-refractivity contribution in [3.8, 4) is 5.75 Å². The summed E-state index contributed by atoms with van der Waals surface area (Å²) in [5, 5.41) is 10.8. The standard InChI is InChI=1S/C18H23N3O5S/c1-12(2)13-4-6-14(7-5-13)16(19)11-20-27(24,25)18-9-8-15(21(22)23)10-17(18)26-3/h4-10,12,16,20H,11,19H2,1-3H3. The Balaban J connectivity index is 2.15. The monoisotopic (exact) mass is 393 g/mol. The molecule has 0 saturated heterocycles. The van der Waals surface area contributed by atoms with Gasteiger partial charge in [0.1, 0.15) is 10.6 Å². The van der Waals surface area contributed by atoms with E-state index in [4.69, 9.17) is 10.5 Å². The van der Waals surface area contributed by atoms with Gasteiger partial charge in [-0.15, -0.1) is 0 Å². The quantitative estimate of drug-likeness (QED) is 0.525. The van der Waals surface area contributed by atoms with Crippen LogP contribution in [0.1, 0.15) is 36.9 Å². The third-order valence-corrected chi connectivity index (χ3v) is 5.64. The molecule has 0 amide bonds. The summed E-state index contributed by atoms with van der Waals surface area (Å²) >= 11 is 0. The van der Waals surface area contributed by atoms with E-state index in [1.54, 1.807) is 0 Å². The van der Waals surface area contributed by atoms with E-state index in [2.05, 4.69) is 18.6 Å². The summed E-state index contributed by atoms with van der Waals surface area (Å²) in [6.45, 7) is 4.14. The van der Waals surface area contributed by atoms with Crippen molar-refractivity contribution in [2.24, 2.45) is 5.73 Å². The van der Waals surface area contributed by atoms with Crippen LogP contribution in [-0.4, -0.2) is 27.0 Å². The number of methoxy groups -OCH3 is 1. The van der Waals surface area contributed by atoms with Crippen LogP contribution >= 0.6 is 0 Å². The van der Waals surface area contributed by atoms with Gasteiger partial charge in [-0.3, -0.25) is 10.1 Å². The summed E-state index contributed by atoms with van der Waals surface area (Å²) in [5.74, 6) is 0.287. The fraction of sp³-hybridized carbons (Fsp3) is 0.333. The first-order valence-corrected chi connectivity index (χ1v) is 9.81. The lowest BCUT2D eigenvalue weighted by atomic mass is 9.99. The highest BCUT2D eigenvalue weighted by molar-refractivity contribution is 7.89. The number of ether oxygens (including phenoxy) is 1. The molecule has 9 heteroatoms. The van der Waals surface area contributed by atoms with Crippen molar-refractivity contribution in [3.05, 3.63) is 63.7 Å². The van der Waals surface area contributed by atoms with Crippen LogP contribution in [0.25, 0.3) is 0 Å². The van der Waals surface area contributed by atoms with Gasteiger partial charge in [0.15, 0.2) is 0 Å². The predicted octanol–water partition coefficient (Wildman–Crippen LogP) is 2.71. The van der Waals surface area contributed by atoms with E-state index < -0.39 is 21.0 Å². The van der Waals surface area contributed by atoms with Gasteiger partial charge in [0.25, 0.3) is 5.69 Å². The number of nitro groups is 1. The van der Waals surface area contributed by atoms with Crippen LogP contribution < -0.4 is 15.2 Å². The summed E-state index contributed by atoms with van der Waals surface area (Å²) in [5.41, 5.74) is 7.81. The lowest BCUT2D eigenvalue weighted by molar-refractivity contribution is -0.385. The number of hydrogen-bond donors (Lipinski definition) is 2. The fourth-order valence-electron chi connectivity index (χ4n) is 2.52. The molecule has 0 aliphatic heterocycles. The molecule has 0 bridgehead atoms. The molecule has 0 fully saturated rings. The average molecular weight is 393 g/mol. The van der Waals surface area contributed by atoms with Crippen LogP contribution in [0.4, 0.5) is 5.69 Å². The van der Waals surface area contributed by atoms with Crippen LogP contribution in [0.15, 0.2) is 47.4 Å². The van der Waals surface area contributed by atoms with Gasteiger partial charge in [-0.1, -0.05) is 38.1 Å². The van der Waals surface area contributed by atoms with Crippen molar-refractivity contribution in [2.75, 3.05) is 13.7 Å². The number of sulfonamides is 1. The zero-order valence-corrected chi connectivity index (χ0v) is 16.2. The van der Waals surface area contributed by atoms with E-state index in [9.17, 15) is 18.5 Å². The van der Waals surface area contributed by atoms with Gasteiger partial charge in [-0.2, -0.15) is 0 Å². The topological polar surface area (TPSA) is 125 Å². The highest BCUT2D eigenvalue weighted by Gasteiger charge is 2.23. The lowest BCUT2D eigenvalue weighted by Gasteiger charge is -2.16. The Morgan fingerprint density at radius 3 is 2.26 bits per heavy atom. The molecule has 0 heterocycles. The SMILES string of the molecule is COc1cc([N+](=O)[O-])ccc1S(=O)(=O)NCC(N)c1ccc(C(C)C)cc1. The molecule has 1 unspecified atom stereocenters. The molecule has 0 saturated carbocycles. The maximum absolute atomic E-state index is 12.6. The normalized spacial score (nSPS) is 12.8. The number of benzene rings is 2. The van der Waals surface area contributed by atoms with Crippen molar-refractivity contribution < 1.29 is 18.1 Å². The molecule has 2 rings (SSSR count).